The standard InChI is InChI=1S/C17H16ClNO3S/c18-14-5-3-13(4-6-14)9-10-19-16(20)12-22-17(21)8-7-15-2-1-11-23-15/h1-8,11H,9-10,12H2,(H,19,20)/b8-7+. The highest BCUT2D eigenvalue weighted by Crippen LogP contribution is 2.10. The van der Waals surface area contributed by atoms with Crippen LogP contribution in [0.1, 0.15) is 10.4 Å². The van der Waals surface area contributed by atoms with Crippen LogP contribution in [0, 0.1) is 0 Å². The van der Waals surface area contributed by atoms with E-state index in [2.05, 4.69) is 5.32 Å². The Morgan fingerprint density at radius 3 is 2.70 bits per heavy atom. The molecule has 0 aliphatic heterocycles. The number of hydrogen-bond donors (Lipinski definition) is 1. The Morgan fingerprint density at radius 1 is 1.22 bits per heavy atom. The Labute approximate surface area is 143 Å². The minimum Gasteiger partial charge on any atom is -0.452 e. The van der Waals surface area contributed by atoms with E-state index in [0.717, 1.165) is 10.4 Å². The first-order valence-electron chi connectivity index (χ1n) is 7.03. The summed E-state index contributed by atoms with van der Waals surface area (Å²) in [6.45, 7) is 0.192. The normalized spacial score (nSPS) is 10.7. The predicted octanol–water partition coefficient (Wildman–Crippen LogP) is 3.32. The third-order valence-electron chi connectivity index (χ3n) is 2.92. The van der Waals surface area contributed by atoms with Gasteiger partial charge >= 0.3 is 5.97 Å². The van der Waals surface area contributed by atoms with Crippen molar-refractivity contribution in [3.63, 3.8) is 0 Å². The lowest BCUT2D eigenvalue weighted by Gasteiger charge is -2.05. The topological polar surface area (TPSA) is 55.4 Å². The monoisotopic (exact) mass is 349 g/mol. The van der Waals surface area contributed by atoms with Crippen molar-refractivity contribution < 1.29 is 14.3 Å². The zero-order valence-electron chi connectivity index (χ0n) is 12.3. The van der Waals surface area contributed by atoms with Crippen LogP contribution < -0.4 is 5.32 Å². The molecule has 4 nitrogen and oxygen atoms in total. The molecule has 2 aromatic rings. The van der Waals surface area contributed by atoms with E-state index in [9.17, 15) is 9.59 Å². The lowest BCUT2D eigenvalue weighted by atomic mass is 10.1. The number of benzene rings is 1. The van der Waals surface area contributed by atoms with E-state index in [-0.39, 0.29) is 12.5 Å². The fraction of sp³-hybridized carbons (Fsp3) is 0.176. The quantitative estimate of drug-likeness (QED) is 0.616. The van der Waals surface area contributed by atoms with Gasteiger partial charge in [0, 0.05) is 22.5 Å². The summed E-state index contributed by atoms with van der Waals surface area (Å²) in [6, 6.07) is 11.2. The van der Waals surface area contributed by atoms with Crippen LogP contribution in [0.5, 0.6) is 0 Å². The van der Waals surface area contributed by atoms with E-state index >= 15 is 0 Å². The second kappa shape index (κ2) is 9.12. The number of ether oxygens (including phenoxy) is 1. The minimum absolute atomic E-state index is 0.284. The molecule has 0 spiro atoms. The van der Waals surface area contributed by atoms with Crippen molar-refractivity contribution in [2.75, 3.05) is 13.2 Å². The van der Waals surface area contributed by atoms with Gasteiger partial charge in [-0.2, -0.15) is 0 Å². The Hall–Kier alpha value is -2.11. The molecule has 23 heavy (non-hydrogen) atoms. The number of rotatable bonds is 7. The van der Waals surface area contributed by atoms with E-state index in [1.807, 2.05) is 29.6 Å². The van der Waals surface area contributed by atoms with Crippen LogP contribution in [0.4, 0.5) is 0 Å². The molecule has 1 heterocycles. The van der Waals surface area contributed by atoms with Gasteiger partial charge < -0.3 is 10.1 Å². The number of carbonyl (C=O) groups is 2. The summed E-state index contributed by atoms with van der Waals surface area (Å²) in [5.41, 5.74) is 1.07. The summed E-state index contributed by atoms with van der Waals surface area (Å²) in [5.74, 6) is -0.858. The first-order valence-corrected chi connectivity index (χ1v) is 8.29. The fourth-order valence-corrected chi connectivity index (χ4v) is 2.51. The maximum absolute atomic E-state index is 11.6. The number of halogens is 1. The summed E-state index contributed by atoms with van der Waals surface area (Å²) in [5, 5.41) is 5.30. The van der Waals surface area contributed by atoms with Crippen LogP contribution in [0.25, 0.3) is 6.08 Å². The molecule has 0 saturated heterocycles. The van der Waals surface area contributed by atoms with Gasteiger partial charge in [-0.25, -0.2) is 4.79 Å². The zero-order valence-corrected chi connectivity index (χ0v) is 13.9. The highest BCUT2D eigenvalue weighted by Gasteiger charge is 2.04. The first kappa shape index (κ1) is 17.2. The molecular formula is C17H16ClNO3S. The van der Waals surface area contributed by atoms with Crippen LogP contribution >= 0.6 is 22.9 Å². The van der Waals surface area contributed by atoms with E-state index in [0.29, 0.717) is 18.0 Å². The Kier molecular flexibility index (Phi) is 6.84. The number of carbonyl (C=O) groups excluding carboxylic acids is 2. The van der Waals surface area contributed by atoms with Crippen molar-refractivity contribution in [3.8, 4) is 0 Å². The second-order valence-electron chi connectivity index (χ2n) is 4.68. The predicted molar refractivity (Wildman–Crippen MR) is 92.5 cm³/mol. The third kappa shape index (κ3) is 6.67. The molecule has 0 bridgehead atoms. The molecule has 1 amide bonds. The average molecular weight is 350 g/mol. The molecule has 0 unspecified atom stereocenters. The lowest BCUT2D eigenvalue weighted by Crippen LogP contribution is -2.30. The maximum Gasteiger partial charge on any atom is 0.331 e. The molecule has 1 aromatic heterocycles. The molecule has 0 atom stereocenters. The number of nitrogens with one attached hydrogen (secondary N) is 1. The van der Waals surface area contributed by atoms with Crippen molar-refractivity contribution in [2.24, 2.45) is 0 Å². The van der Waals surface area contributed by atoms with Crippen LogP contribution in [-0.4, -0.2) is 25.0 Å². The summed E-state index contributed by atoms with van der Waals surface area (Å²) >= 11 is 7.32. The molecule has 0 radical (unpaired) electrons. The third-order valence-corrected chi connectivity index (χ3v) is 4.01. The van der Waals surface area contributed by atoms with Crippen LogP contribution in [0.2, 0.25) is 5.02 Å². The van der Waals surface area contributed by atoms with E-state index in [1.165, 1.54) is 17.4 Å². The molecule has 0 aliphatic carbocycles. The molecule has 1 N–H and O–H groups in total. The molecule has 0 aliphatic rings. The summed E-state index contributed by atoms with van der Waals surface area (Å²) in [6.07, 6.45) is 3.66. The van der Waals surface area contributed by atoms with Crippen molar-refractivity contribution in [1.82, 2.24) is 5.32 Å². The van der Waals surface area contributed by atoms with E-state index < -0.39 is 5.97 Å². The number of thiophene rings is 1. The molecule has 0 saturated carbocycles. The van der Waals surface area contributed by atoms with Gasteiger partial charge in [0.05, 0.1) is 0 Å². The van der Waals surface area contributed by atoms with E-state index in [1.54, 1.807) is 18.2 Å². The summed E-state index contributed by atoms with van der Waals surface area (Å²) in [4.78, 5) is 24.0. The lowest BCUT2D eigenvalue weighted by molar-refractivity contribution is -0.143. The molecular weight excluding hydrogens is 334 g/mol. The number of hydrogen-bond acceptors (Lipinski definition) is 4. The van der Waals surface area contributed by atoms with E-state index in [4.69, 9.17) is 16.3 Å². The first-order chi connectivity index (χ1) is 11.1. The molecule has 6 heteroatoms. The van der Waals surface area contributed by atoms with Crippen LogP contribution in [0.15, 0.2) is 47.9 Å². The van der Waals surface area contributed by atoms with Gasteiger partial charge in [-0.15, -0.1) is 11.3 Å². The fourth-order valence-electron chi connectivity index (χ4n) is 1.77. The van der Waals surface area contributed by atoms with Crippen molar-refractivity contribution >= 4 is 40.9 Å². The summed E-state index contributed by atoms with van der Waals surface area (Å²) < 4.78 is 4.87. The van der Waals surface area contributed by atoms with Crippen LogP contribution in [0.3, 0.4) is 0 Å². The van der Waals surface area contributed by atoms with Gasteiger partial charge in [0.25, 0.3) is 5.91 Å². The molecule has 1 aromatic carbocycles. The highest BCUT2D eigenvalue weighted by atomic mass is 35.5. The zero-order chi connectivity index (χ0) is 16.5. The molecule has 120 valence electrons. The van der Waals surface area contributed by atoms with Crippen molar-refractivity contribution in [2.45, 2.75) is 6.42 Å². The van der Waals surface area contributed by atoms with Gasteiger partial charge in [0.2, 0.25) is 0 Å². The number of amides is 1. The Balaban J connectivity index is 1.63. The van der Waals surface area contributed by atoms with Gasteiger partial charge in [0.1, 0.15) is 0 Å². The SMILES string of the molecule is O=C(COC(=O)/C=C/c1cccs1)NCCc1ccc(Cl)cc1. The average Bonchev–Trinajstić information content (AvgIpc) is 3.06. The second-order valence-corrected chi connectivity index (χ2v) is 6.10. The smallest absolute Gasteiger partial charge is 0.331 e. The largest absolute Gasteiger partial charge is 0.452 e. The Bertz CT molecular complexity index is 666. The molecule has 2 rings (SSSR count). The maximum atomic E-state index is 11.6. The van der Waals surface area contributed by atoms with Gasteiger partial charge in [-0.05, 0) is 41.6 Å². The summed E-state index contributed by atoms with van der Waals surface area (Å²) in [7, 11) is 0. The highest BCUT2D eigenvalue weighted by molar-refractivity contribution is 7.10. The van der Waals surface area contributed by atoms with Crippen LogP contribution in [-0.2, 0) is 20.7 Å². The van der Waals surface area contributed by atoms with Crippen molar-refractivity contribution in [3.05, 3.63) is 63.3 Å². The van der Waals surface area contributed by atoms with Crippen molar-refractivity contribution in [1.29, 1.82) is 0 Å². The van der Waals surface area contributed by atoms with Gasteiger partial charge in [-0.1, -0.05) is 29.8 Å². The van der Waals surface area contributed by atoms with Gasteiger partial charge in [0.15, 0.2) is 6.61 Å². The molecule has 0 fully saturated rings. The number of esters is 1. The Morgan fingerprint density at radius 2 is 2.00 bits per heavy atom. The van der Waals surface area contributed by atoms with Gasteiger partial charge in [-0.3, -0.25) is 4.79 Å². The minimum atomic E-state index is -0.536.